The zero-order valence-electron chi connectivity index (χ0n) is 13.9. The third kappa shape index (κ3) is 3.44. The number of hydrogen-bond donors (Lipinski definition) is 1. The molecule has 2 aliphatic heterocycles. The number of rotatable bonds is 4. The second-order valence-electron chi connectivity index (χ2n) is 8.11. The van der Waals surface area contributed by atoms with Crippen LogP contribution in [-0.2, 0) is 4.79 Å². The Labute approximate surface area is 129 Å². The number of nitrogens with one attached hydrogen (secondary N) is 1. The van der Waals surface area contributed by atoms with Crippen LogP contribution in [0.4, 0.5) is 0 Å². The highest BCUT2D eigenvalue weighted by Gasteiger charge is 2.58. The quantitative estimate of drug-likeness (QED) is 0.864. The number of carbonyl (C=O) groups excluding carboxylic acids is 1. The van der Waals surface area contributed by atoms with Crippen molar-refractivity contribution in [2.24, 2.45) is 23.2 Å². The lowest BCUT2D eigenvalue weighted by Gasteiger charge is -2.33. The summed E-state index contributed by atoms with van der Waals surface area (Å²) >= 11 is 0. The Morgan fingerprint density at radius 3 is 2.52 bits per heavy atom. The molecule has 3 fully saturated rings. The van der Waals surface area contributed by atoms with E-state index in [1.165, 1.54) is 44.9 Å². The van der Waals surface area contributed by atoms with Crippen LogP contribution in [0.1, 0.15) is 58.8 Å². The van der Waals surface area contributed by atoms with E-state index in [1.807, 2.05) is 0 Å². The minimum Gasteiger partial charge on any atom is -0.342 e. The molecule has 3 aliphatic rings. The van der Waals surface area contributed by atoms with Gasteiger partial charge in [-0.2, -0.15) is 0 Å². The first-order valence-electron chi connectivity index (χ1n) is 9.10. The van der Waals surface area contributed by atoms with Crippen LogP contribution in [0.15, 0.2) is 0 Å². The topological polar surface area (TPSA) is 32.3 Å². The maximum absolute atomic E-state index is 12.7. The zero-order chi connectivity index (χ0) is 14.9. The van der Waals surface area contributed by atoms with Crippen LogP contribution in [0.5, 0.6) is 0 Å². The van der Waals surface area contributed by atoms with Gasteiger partial charge in [-0.25, -0.2) is 0 Å². The number of carbonyl (C=O) groups is 1. The molecule has 0 aromatic heterocycles. The van der Waals surface area contributed by atoms with E-state index < -0.39 is 0 Å². The molecule has 21 heavy (non-hydrogen) atoms. The third-order valence-electron chi connectivity index (χ3n) is 6.17. The smallest absolute Gasteiger partial charge is 0.226 e. The summed E-state index contributed by atoms with van der Waals surface area (Å²) in [6.07, 6.45) is 8.78. The molecule has 0 radical (unpaired) electrons. The average molecular weight is 292 g/mol. The van der Waals surface area contributed by atoms with Gasteiger partial charge in [-0.3, -0.25) is 4.79 Å². The van der Waals surface area contributed by atoms with Gasteiger partial charge in [0.25, 0.3) is 0 Å². The van der Waals surface area contributed by atoms with Gasteiger partial charge < -0.3 is 10.2 Å². The predicted octanol–water partition coefficient (Wildman–Crippen LogP) is 3.05. The van der Waals surface area contributed by atoms with Crippen molar-refractivity contribution in [3.8, 4) is 0 Å². The van der Waals surface area contributed by atoms with Crippen LogP contribution < -0.4 is 5.32 Å². The average Bonchev–Trinajstić information content (AvgIpc) is 3.19. The monoisotopic (exact) mass is 292 g/mol. The number of piperidine rings is 2. The minimum absolute atomic E-state index is 0.367. The van der Waals surface area contributed by atoms with E-state index in [-0.39, 0.29) is 0 Å². The number of hydrogen-bond acceptors (Lipinski definition) is 2. The molecule has 1 spiro atoms. The Kier molecular flexibility index (Phi) is 4.58. The fourth-order valence-electron chi connectivity index (χ4n) is 4.41. The number of amides is 1. The molecule has 1 atom stereocenters. The summed E-state index contributed by atoms with van der Waals surface area (Å²) < 4.78 is 0. The van der Waals surface area contributed by atoms with Crippen LogP contribution in [-0.4, -0.2) is 37.0 Å². The van der Waals surface area contributed by atoms with Crippen molar-refractivity contribution in [1.29, 1.82) is 0 Å². The first-order chi connectivity index (χ1) is 10.1. The third-order valence-corrected chi connectivity index (χ3v) is 6.17. The van der Waals surface area contributed by atoms with Crippen molar-refractivity contribution in [1.82, 2.24) is 10.2 Å². The summed E-state index contributed by atoms with van der Waals surface area (Å²) in [4.78, 5) is 14.9. The van der Waals surface area contributed by atoms with Gasteiger partial charge in [-0.1, -0.05) is 26.7 Å². The lowest BCUT2D eigenvalue weighted by molar-refractivity contribution is -0.135. The SMILES string of the molecule is CC(C)CCC1CCN(C(=O)C2CC23CCNCC3)CC1. The van der Waals surface area contributed by atoms with E-state index in [4.69, 9.17) is 0 Å². The molecule has 3 nitrogen and oxygen atoms in total. The van der Waals surface area contributed by atoms with Gasteiger partial charge in [0.15, 0.2) is 0 Å². The molecule has 2 heterocycles. The van der Waals surface area contributed by atoms with Crippen LogP contribution in [0.2, 0.25) is 0 Å². The highest BCUT2D eigenvalue weighted by Crippen LogP contribution is 2.59. The normalized spacial score (nSPS) is 29.1. The Hall–Kier alpha value is -0.570. The van der Waals surface area contributed by atoms with Crippen LogP contribution in [0.3, 0.4) is 0 Å². The fourth-order valence-corrected chi connectivity index (χ4v) is 4.41. The van der Waals surface area contributed by atoms with Crippen LogP contribution >= 0.6 is 0 Å². The Morgan fingerprint density at radius 2 is 1.90 bits per heavy atom. The van der Waals surface area contributed by atoms with Crippen molar-refractivity contribution in [2.75, 3.05) is 26.2 Å². The van der Waals surface area contributed by atoms with E-state index in [1.54, 1.807) is 0 Å². The largest absolute Gasteiger partial charge is 0.342 e. The van der Waals surface area contributed by atoms with Crippen molar-refractivity contribution in [3.05, 3.63) is 0 Å². The Balaban J connectivity index is 1.43. The maximum Gasteiger partial charge on any atom is 0.226 e. The van der Waals surface area contributed by atoms with E-state index in [2.05, 4.69) is 24.1 Å². The van der Waals surface area contributed by atoms with E-state index in [0.717, 1.165) is 38.0 Å². The summed E-state index contributed by atoms with van der Waals surface area (Å²) in [5, 5.41) is 3.42. The summed E-state index contributed by atoms with van der Waals surface area (Å²) in [7, 11) is 0. The second kappa shape index (κ2) is 6.28. The van der Waals surface area contributed by atoms with Crippen molar-refractivity contribution in [2.45, 2.75) is 58.8 Å². The summed E-state index contributed by atoms with van der Waals surface area (Å²) in [6.45, 7) is 8.88. The second-order valence-corrected chi connectivity index (χ2v) is 8.11. The molecule has 1 amide bonds. The first-order valence-corrected chi connectivity index (χ1v) is 9.10. The molecule has 1 unspecified atom stereocenters. The molecule has 0 bridgehead atoms. The lowest BCUT2D eigenvalue weighted by atomic mass is 9.88. The van der Waals surface area contributed by atoms with Gasteiger partial charge in [0.05, 0.1) is 0 Å². The standard InChI is InChI=1S/C18H32N2O/c1-14(2)3-4-15-5-11-20(12-6-15)17(21)16-13-18(16)7-9-19-10-8-18/h14-16,19H,3-13H2,1-2H3. The fraction of sp³-hybridized carbons (Fsp3) is 0.944. The molecule has 2 saturated heterocycles. The molecule has 1 aliphatic carbocycles. The zero-order valence-corrected chi connectivity index (χ0v) is 13.9. The van der Waals surface area contributed by atoms with Crippen molar-refractivity contribution in [3.63, 3.8) is 0 Å². The van der Waals surface area contributed by atoms with E-state index >= 15 is 0 Å². The van der Waals surface area contributed by atoms with Gasteiger partial charge >= 0.3 is 0 Å². The Morgan fingerprint density at radius 1 is 1.24 bits per heavy atom. The molecular weight excluding hydrogens is 260 g/mol. The van der Waals surface area contributed by atoms with Gasteiger partial charge in [-0.05, 0) is 62.4 Å². The molecular formula is C18H32N2O. The summed E-state index contributed by atoms with van der Waals surface area (Å²) in [6, 6.07) is 0. The maximum atomic E-state index is 12.7. The molecule has 1 saturated carbocycles. The molecule has 1 N–H and O–H groups in total. The van der Waals surface area contributed by atoms with Gasteiger partial charge in [0.2, 0.25) is 5.91 Å². The van der Waals surface area contributed by atoms with Crippen LogP contribution in [0, 0.1) is 23.2 Å². The van der Waals surface area contributed by atoms with E-state index in [9.17, 15) is 4.79 Å². The molecule has 3 heteroatoms. The summed E-state index contributed by atoms with van der Waals surface area (Å²) in [5.41, 5.74) is 0.400. The Bertz CT molecular complexity index is 365. The number of nitrogens with zero attached hydrogens (tertiary/aromatic N) is 1. The number of likely N-dealkylation sites (tertiary alicyclic amines) is 1. The lowest BCUT2D eigenvalue weighted by Crippen LogP contribution is -2.41. The molecule has 3 rings (SSSR count). The van der Waals surface area contributed by atoms with Crippen molar-refractivity contribution >= 4 is 5.91 Å². The molecule has 120 valence electrons. The summed E-state index contributed by atoms with van der Waals surface area (Å²) in [5.74, 6) is 2.53. The molecule has 0 aromatic carbocycles. The van der Waals surface area contributed by atoms with Crippen molar-refractivity contribution < 1.29 is 4.79 Å². The highest BCUT2D eigenvalue weighted by atomic mass is 16.2. The van der Waals surface area contributed by atoms with E-state index in [0.29, 0.717) is 17.2 Å². The van der Waals surface area contributed by atoms with Crippen LogP contribution in [0.25, 0.3) is 0 Å². The first kappa shape index (κ1) is 15.3. The van der Waals surface area contributed by atoms with Gasteiger partial charge in [0, 0.05) is 19.0 Å². The molecule has 0 aromatic rings. The predicted molar refractivity (Wildman–Crippen MR) is 86.0 cm³/mol. The minimum atomic E-state index is 0.367. The van der Waals surface area contributed by atoms with Gasteiger partial charge in [-0.15, -0.1) is 0 Å². The highest BCUT2D eigenvalue weighted by molar-refractivity contribution is 5.82. The van der Waals surface area contributed by atoms with Gasteiger partial charge in [0.1, 0.15) is 0 Å².